The summed E-state index contributed by atoms with van der Waals surface area (Å²) in [5.74, 6) is 0.503. The molecule has 8 nitrogen and oxygen atoms in total. The van der Waals surface area contributed by atoms with E-state index in [1.54, 1.807) is 7.05 Å². The quantitative estimate of drug-likeness (QED) is 0.620. The minimum atomic E-state index is -3.69. The largest absolute Gasteiger partial charge is 0.357 e. The van der Waals surface area contributed by atoms with Crippen molar-refractivity contribution in [2.24, 2.45) is 5.92 Å². The fourth-order valence-electron chi connectivity index (χ4n) is 1.37. The highest BCUT2D eigenvalue weighted by Gasteiger charge is 2.15. The van der Waals surface area contributed by atoms with Crippen molar-refractivity contribution < 1.29 is 13.2 Å². The molecule has 0 aliphatic rings. The lowest BCUT2D eigenvalue weighted by Gasteiger charge is -2.09. The van der Waals surface area contributed by atoms with Crippen LogP contribution in [0.3, 0.4) is 0 Å². The van der Waals surface area contributed by atoms with Crippen LogP contribution in [0.5, 0.6) is 0 Å². The second kappa shape index (κ2) is 7.89. The molecule has 0 fully saturated rings. The molecule has 1 aromatic heterocycles. The number of aromatic nitrogens is 2. The summed E-state index contributed by atoms with van der Waals surface area (Å²) in [6.07, 6.45) is 2.50. The predicted molar refractivity (Wildman–Crippen MR) is 79.2 cm³/mol. The summed E-state index contributed by atoms with van der Waals surface area (Å²) in [6, 6.07) is 0. The zero-order valence-electron chi connectivity index (χ0n) is 12.4. The van der Waals surface area contributed by atoms with Crippen LogP contribution in [-0.2, 0) is 14.8 Å². The van der Waals surface area contributed by atoms with Crippen molar-refractivity contribution in [2.75, 3.05) is 25.5 Å². The van der Waals surface area contributed by atoms with E-state index < -0.39 is 10.0 Å². The normalized spacial score (nSPS) is 11.4. The maximum Gasteiger partial charge on any atom is 0.243 e. The Morgan fingerprint density at radius 1 is 1.29 bits per heavy atom. The summed E-state index contributed by atoms with van der Waals surface area (Å²) in [5, 5.41) is 5.41. The monoisotopic (exact) mass is 315 g/mol. The van der Waals surface area contributed by atoms with E-state index in [4.69, 9.17) is 0 Å². The van der Waals surface area contributed by atoms with Crippen LogP contribution in [0.25, 0.3) is 0 Å². The lowest BCUT2D eigenvalue weighted by Crippen LogP contribution is -2.32. The molecule has 9 heteroatoms. The van der Waals surface area contributed by atoms with Gasteiger partial charge in [-0.15, -0.1) is 0 Å². The third-order valence-electron chi connectivity index (χ3n) is 2.51. The molecule has 0 unspecified atom stereocenters. The highest BCUT2D eigenvalue weighted by Crippen LogP contribution is 2.06. The molecule has 0 bridgehead atoms. The summed E-state index contributed by atoms with van der Waals surface area (Å²) in [5.41, 5.74) is 0. The van der Waals surface area contributed by atoms with Gasteiger partial charge in [-0.05, 0) is 5.92 Å². The number of rotatable bonds is 8. The van der Waals surface area contributed by atoms with E-state index in [0.717, 1.165) is 0 Å². The van der Waals surface area contributed by atoms with Gasteiger partial charge in [0, 0.05) is 26.6 Å². The number of nitrogens with one attached hydrogen (secondary N) is 3. The molecule has 3 N–H and O–H groups in total. The van der Waals surface area contributed by atoms with Gasteiger partial charge >= 0.3 is 0 Å². The number of carbonyl (C=O) groups is 1. The molecule has 0 aliphatic carbocycles. The van der Waals surface area contributed by atoms with Crippen LogP contribution in [0.4, 0.5) is 5.95 Å². The van der Waals surface area contributed by atoms with Crippen LogP contribution < -0.4 is 15.4 Å². The Hall–Kier alpha value is -1.74. The van der Waals surface area contributed by atoms with Gasteiger partial charge in [-0.25, -0.2) is 23.1 Å². The predicted octanol–water partition coefficient (Wildman–Crippen LogP) is -0.0411. The first-order valence-electron chi connectivity index (χ1n) is 6.61. The molecule has 0 radical (unpaired) electrons. The van der Waals surface area contributed by atoms with E-state index >= 15 is 0 Å². The van der Waals surface area contributed by atoms with Crippen LogP contribution in [0, 0.1) is 5.92 Å². The average molecular weight is 315 g/mol. The number of hydrogen-bond donors (Lipinski definition) is 3. The van der Waals surface area contributed by atoms with Crippen molar-refractivity contribution >= 4 is 21.9 Å². The van der Waals surface area contributed by atoms with Gasteiger partial charge in [0.15, 0.2) is 0 Å². The van der Waals surface area contributed by atoms with Gasteiger partial charge in [-0.3, -0.25) is 4.79 Å². The number of carbonyl (C=O) groups excluding carboxylic acids is 1. The molecular weight excluding hydrogens is 294 g/mol. The van der Waals surface area contributed by atoms with Crippen molar-refractivity contribution in [2.45, 2.75) is 25.2 Å². The topological polar surface area (TPSA) is 113 Å². The van der Waals surface area contributed by atoms with Crippen molar-refractivity contribution in [1.82, 2.24) is 20.0 Å². The zero-order valence-corrected chi connectivity index (χ0v) is 13.2. The van der Waals surface area contributed by atoms with E-state index in [2.05, 4.69) is 25.3 Å². The van der Waals surface area contributed by atoms with Crippen LogP contribution in [0.1, 0.15) is 20.3 Å². The van der Waals surface area contributed by atoms with E-state index in [-0.39, 0.29) is 23.8 Å². The second-order valence-electron chi connectivity index (χ2n) is 4.84. The Kier molecular flexibility index (Phi) is 6.50. The van der Waals surface area contributed by atoms with Crippen LogP contribution in [-0.4, -0.2) is 44.4 Å². The molecule has 21 heavy (non-hydrogen) atoms. The fourth-order valence-corrected chi connectivity index (χ4v) is 2.29. The van der Waals surface area contributed by atoms with Gasteiger partial charge in [0.2, 0.25) is 21.9 Å². The number of nitrogens with zero attached hydrogens (tertiary/aromatic N) is 2. The van der Waals surface area contributed by atoms with E-state index in [1.165, 1.54) is 12.4 Å². The minimum Gasteiger partial charge on any atom is -0.357 e. The molecule has 0 spiro atoms. The molecule has 0 saturated heterocycles. The highest BCUT2D eigenvalue weighted by molar-refractivity contribution is 7.89. The molecule has 1 aromatic rings. The fraction of sp³-hybridized carbons (Fsp3) is 0.583. The summed E-state index contributed by atoms with van der Waals surface area (Å²) >= 11 is 0. The third-order valence-corrected chi connectivity index (χ3v) is 3.93. The standard InChI is InChI=1S/C12H21N5O3S/c1-9(2)6-14-11(18)4-5-17-21(19,20)10-7-15-12(13-3)16-8-10/h7-9,17H,4-6H2,1-3H3,(H,14,18)(H,13,15,16). The molecular formula is C12H21N5O3S. The molecule has 0 atom stereocenters. The van der Waals surface area contributed by atoms with Crippen LogP contribution in [0.2, 0.25) is 0 Å². The molecule has 0 aromatic carbocycles. The zero-order chi connectivity index (χ0) is 15.9. The van der Waals surface area contributed by atoms with Gasteiger partial charge in [-0.2, -0.15) is 0 Å². The Balaban J connectivity index is 2.47. The van der Waals surface area contributed by atoms with Crippen LogP contribution >= 0.6 is 0 Å². The first-order chi connectivity index (χ1) is 9.85. The van der Waals surface area contributed by atoms with Crippen LogP contribution in [0.15, 0.2) is 17.3 Å². The van der Waals surface area contributed by atoms with Crippen molar-refractivity contribution in [3.05, 3.63) is 12.4 Å². The summed E-state index contributed by atoms with van der Waals surface area (Å²) in [4.78, 5) is 19.1. The minimum absolute atomic E-state index is 0.0278. The first kappa shape index (κ1) is 17.3. The summed E-state index contributed by atoms with van der Waals surface area (Å²) < 4.78 is 26.2. The lowest BCUT2D eigenvalue weighted by atomic mass is 10.2. The second-order valence-corrected chi connectivity index (χ2v) is 6.61. The SMILES string of the molecule is CNc1ncc(S(=O)(=O)NCCC(=O)NCC(C)C)cn1. The maximum atomic E-state index is 11.9. The summed E-state index contributed by atoms with van der Waals surface area (Å²) in [7, 11) is -2.06. The number of sulfonamides is 1. The van der Waals surface area contributed by atoms with Gasteiger partial charge in [0.1, 0.15) is 4.90 Å². The number of amides is 1. The maximum absolute atomic E-state index is 11.9. The van der Waals surface area contributed by atoms with E-state index in [1.807, 2.05) is 13.8 Å². The van der Waals surface area contributed by atoms with E-state index in [0.29, 0.717) is 18.4 Å². The Morgan fingerprint density at radius 2 is 1.90 bits per heavy atom. The van der Waals surface area contributed by atoms with Gasteiger partial charge in [0.05, 0.1) is 12.4 Å². The van der Waals surface area contributed by atoms with Crippen molar-refractivity contribution in [1.29, 1.82) is 0 Å². The van der Waals surface area contributed by atoms with Crippen molar-refractivity contribution in [3.63, 3.8) is 0 Å². The molecule has 1 amide bonds. The Morgan fingerprint density at radius 3 is 2.43 bits per heavy atom. The van der Waals surface area contributed by atoms with Gasteiger partial charge < -0.3 is 10.6 Å². The number of hydrogen-bond acceptors (Lipinski definition) is 6. The van der Waals surface area contributed by atoms with Crippen molar-refractivity contribution in [3.8, 4) is 0 Å². The highest BCUT2D eigenvalue weighted by atomic mass is 32.2. The molecule has 0 aliphatic heterocycles. The lowest BCUT2D eigenvalue weighted by molar-refractivity contribution is -0.121. The van der Waals surface area contributed by atoms with Gasteiger partial charge in [-0.1, -0.05) is 13.8 Å². The first-order valence-corrected chi connectivity index (χ1v) is 8.09. The molecule has 0 saturated carbocycles. The smallest absolute Gasteiger partial charge is 0.243 e. The Labute approximate surface area is 124 Å². The van der Waals surface area contributed by atoms with E-state index in [9.17, 15) is 13.2 Å². The van der Waals surface area contributed by atoms with Gasteiger partial charge in [0.25, 0.3) is 0 Å². The number of anilines is 1. The molecule has 118 valence electrons. The molecule has 1 heterocycles. The molecule has 1 rings (SSSR count). The Bertz CT molecular complexity index is 557. The summed E-state index contributed by atoms with van der Waals surface area (Å²) in [6.45, 7) is 4.57. The third kappa shape index (κ3) is 6.05. The average Bonchev–Trinajstić information content (AvgIpc) is 2.45.